The lowest BCUT2D eigenvalue weighted by Crippen LogP contribution is -2.14. The van der Waals surface area contributed by atoms with Crippen LogP contribution in [0.3, 0.4) is 0 Å². The number of nitrogens with two attached hydrogens (primary N) is 1. The zero-order valence-corrected chi connectivity index (χ0v) is 15.6. The summed E-state index contributed by atoms with van der Waals surface area (Å²) in [7, 11) is -4.02. The van der Waals surface area contributed by atoms with Crippen molar-refractivity contribution in [1.29, 1.82) is 0 Å². The second-order valence-corrected chi connectivity index (χ2v) is 7.65. The van der Waals surface area contributed by atoms with Gasteiger partial charge in [-0.1, -0.05) is 6.07 Å². The van der Waals surface area contributed by atoms with Crippen LogP contribution in [0.4, 0.5) is 13.2 Å². The summed E-state index contributed by atoms with van der Waals surface area (Å²) in [5, 5.41) is 5.26. The number of nitrogens with one attached hydrogen (secondary N) is 1. The van der Waals surface area contributed by atoms with Gasteiger partial charge in [-0.05, 0) is 49.7 Å². The molecule has 2 aromatic carbocycles. The summed E-state index contributed by atoms with van der Waals surface area (Å²) in [4.78, 5) is 7.04. The van der Waals surface area contributed by atoms with Crippen LogP contribution in [-0.4, -0.2) is 18.4 Å². The maximum absolute atomic E-state index is 13.0. The summed E-state index contributed by atoms with van der Waals surface area (Å²) in [5.74, 6) is 0.392. The fourth-order valence-corrected chi connectivity index (χ4v) is 3.55. The first-order chi connectivity index (χ1) is 13.0. The monoisotopic (exact) mass is 411 g/mol. The standard InChI is InChI=1S/C18H16F3N3O3S/c1-10-9-23-17(24-10)16-11(2)15(28(22,25)26)7-6-14(16)27-13-5-3-4-12(8-13)18(19,20)21/h3-9H,1-2H3,(H,23,24)(H2,22,25,26). The molecule has 0 spiro atoms. The molecular formula is C18H16F3N3O3S. The average Bonchev–Trinajstić information content (AvgIpc) is 2.99. The second kappa shape index (κ2) is 6.95. The number of aryl methyl sites for hydroxylation is 1. The Kier molecular flexibility index (Phi) is 4.94. The number of aromatic amines is 1. The van der Waals surface area contributed by atoms with E-state index >= 15 is 0 Å². The molecule has 0 aliphatic heterocycles. The van der Waals surface area contributed by atoms with Crippen LogP contribution in [0.1, 0.15) is 16.8 Å². The Morgan fingerprint density at radius 3 is 2.43 bits per heavy atom. The van der Waals surface area contributed by atoms with Gasteiger partial charge in [0, 0.05) is 6.20 Å². The van der Waals surface area contributed by atoms with Crippen LogP contribution in [0.2, 0.25) is 0 Å². The van der Waals surface area contributed by atoms with Crippen LogP contribution >= 0.6 is 0 Å². The minimum absolute atomic E-state index is 0.0536. The van der Waals surface area contributed by atoms with Gasteiger partial charge in [-0.2, -0.15) is 13.2 Å². The van der Waals surface area contributed by atoms with E-state index in [1.165, 1.54) is 31.2 Å². The number of aromatic nitrogens is 2. The Morgan fingerprint density at radius 1 is 1.14 bits per heavy atom. The van der Waals surface area contributed by atoms with Gasteiger partial charge in [-0.3, -0.25) is 0 Å². The molecule has 0 amide bonds. The molecule has 1 aromatic heterocycles. The Bertz CT molecular complexity index is 1140. The predicted octanol–water partition coefficient (Wildman–Crippen LogP) is 4.15. The highest BCUT2D eigenvalue weighted by atomic mass is 32.2. The molecule has 3 aromatic rings. The van der Waals surface area contributed by atoms with Gasteiger partial charge in [-0.25, -0.2) is 18.5 Å². The molecule has 0 atom stereocenters. The molecule has 0 aliphatic carbocycles. The number of imidazole rings is 1. The largest absolute Gasteiger partial charge is 0.457 e. The molecule has 0 bridgehead atoms. The number of hydrogen-bond donors (Lipinski definition) is 2. The zero-order valence-electron chi connectivity index (χ0n) is 14.8. The maximum atomic E-state index is 13.0. The Labute approximate surface area is 159 Å². The van der Waals surface area contributed by atoms with Crippen LogP contribution in [0.5, 0.6) is 11.5 Å². The van der Waals surface area contributed by atoms with Crippen molar-refractivity contribution in [2.45, 2.75) is 24.9 Å². The van der Waals surface area contributed by atoms with Crippen LogP contribution in [0, 0.1) is 13.8 Å². The van der Waals surface area contributed by atoms with E-state index in [1.54, 1.807) is 13.1 Å². The molecule has 1 heterocycles. The van der Waals surface area contributed by atoms with Crippen molar-refractivity contribution in [2.75, 3.05) is 0 Å². The number of primary sulfonamides is 1. The van der Waals surface area contributed by atoms with Crippen molar-refractivity contribution in [1.82, 2.24) is 9.97 Å². The lowest BCUT2D eigenvalue weighted by Gasteiger charge is -2.15. The van der Waals surface area contributed by atoms with Crippen molar-refractivity contribution < 1.29 is 26.3 Å². The van der Waals surface area contributed by atoms with Gasteiger partial charge >= 0.3 is 6.18 Å². The lowest BCUT2D eigenvalue weighted by atomic mass is 10.1. The van der Waals surface area contributed by atoms with Gasteiger partial charge in [-0.15, -0.1) is 0 Å². The van der Waals surface area contributed by atoms with E-state index in [-0.39, 0.29) is 27.5 Å². The molecule has 28 heavy (non-hydrogen) atoms. The number of sulfonamides is 1. The van der Waals surface area contributed by atoms with Crippen LogP contribution in [0.25, 0.3) is 11.4 Å². The number of halogens is 3. The molecule has 3 N–H and O–H groups in total. The zero-order chi connectivity index (χ0) is 20.7. The Balaban J connectivity index is 2.15. The van der Waals surface area contributed by atoms with Crippen LogP contribution < -0.4 is 9.88 Å². The third-order valence-electron chi connectivity index (χ3n) is 4.02. The van der Waals surface area contributed by atoms with Crippen molar-refractivity contribution in [3.05, 3.63) is 59.4 Å². The number of ether oxygens (including phenoxy) is 1. The van der Waals surface area contributed by atoms with E-state index in [0.717, 1.165) is 12.1 Å². The lowest BCUT2D eigenvalue weighted by molar-refractivity contribution is -0.137. The molecule has 0 aliphatic rings. The van der Waals surface area contributed by atoms with Gasteiger partial charge < -0.3 is 9.72 Å². The van der Waals surface area contributed by atoms with E-state index in [4.69, 9.17) is 9.88 Å². The minimum atomic E-state index is -4.52. The van der Waals surface area contributed by atoms with Crippen molar-refractivity contribution in [3.63, 3.8) is 0 Å². The van der Waals surface area contributed by atoms with Gasteiger partial charge in [0.2, 0.25) is 10.0 Å². The summed E-state index contributed by atoms with van der Waals surface area (Å²) < 4.78 is 68.2. The summed E-state index contributed by atoms with van der Waals surface area (Å²) in [6, 6.07) is 6.96. The highest BCUT2D eigenvalue weighted by Gasteiger charge is 2.31. The number of benzene rings is 2. The highest BCUT2D eigenvalue weighted by molar-refractivity contribution is 7.89. The summed E-state index contributed by atoms with van der Waals surface area (Å²) >= 11 is 0. The summed E-state index contributed by atoms with van der Waals surface area (Å²) in [6.45, 7) is 3.25. The first-order valence-corrected chi connectivity index (χ1v) is 9.55. The van der Waals surface area contributed by atoms with Crippen molar-refractivity contribution >= 4 is 10.0 Å². The Morgan fingerprint density at radius 2 is 1.86 bits per heavy atom. The molecule has 0 saturated carbocycles. The third-order valence-corrected chi connectivity index (χ3v) is 5.07. The van der Waals surface area contributed by atoms with E-state index in [9.17, 15) is 21.6 Å². The Hall–Kier alpha value is -2.85. The van der Waals surface area contributed by atoms with Crippen LogP contribution in [0.15, 0.2) is 47.5 Å². The SMILES string of the molecule is Cc1c[nH]c(-c2c(Oc3cccc(C(F)(F)F)c3)ccc(S(N)(=O)=O)c2C)n1. The molecule has 0 saturated heterocycles. The van der Waals surface area contributed by atoms with E-state index in [2.05, 4.69) is 9.97 Å². The van der Waals surface area contributed by atoms with Crippen molar-refractivity contribution in [3.8, 4) is 22.9 Å². The number of hydrogen-bond acceptors (Lipinski definition) is 4. The van der Waals surface area contributed by atoms with Crippen LogP contribution in [-0.2, 0) is 16.2 Å². The molecule has 3 rings (SSSR count). The normalized spacial score (nSPS) is 12.2. The molecular weight excluding hydrogens is 395 g/mol. The summed E-state index contributed by atoms with van der Waals surface area (Å²) in [6.07, 6.45) is -2.92. The fourth-order valence-electron chi connectivity index (χ4n) is 2.76. The summed E-state index contributed by atoms with van der Waals surface area (Å²) in [5.41, 5.74) is 0.331. The number of rotatable bonds is 4. The number of H-pyrrole nitrogens is 1. The number of alkyl halides is 3. The van der Waals surface area contributed by atoms with Gasteiger partial charge in [0.05, 0.1) is 21.7 Å². The highest BCUT2D eigenvalue weighted by Crippen LogP contribution is 2.38. The third kappa shape index (κ3) is 4.02. The molecule has 10 heteroatoms. The predicted molar refractivity (Wildman–Crippen MR) is 96.4 cm³/mol. The van der Waals surface area contributed by atoms with Gasteiger partial charge in [0.15, 0.2) is 0 Å². The van der Waals surface area contributed by atoms with E-state index in [1.807, 2.05) is 0 Å². The average molecular weight is 411 g/mol. The molecule has 0 unspecified atom stereocenters. The molecule has 0 fully saturated rings. The van der Waals surface area contributed by atoms with Gasteiger partial charge in [0.1, 0.15) is 17.3 Å². The first-order valence-electron chi connectivity index (χ1n) is 8.00. The first kappa shape index (κ1) is 19.9. The smallest absolute Gasteiger partial charge is 0.416 e. The topological polar surface area (TPSA) is 98.1 Å². The van der Waals surface area contributed by atoms with Crippen molar-refractivity contribution in [2.24, 2.45) is 5.14 Å². The quantitative estimate of drug-likeness (QED) is 0.674. The van der Waals surface area contributed by atoms with Gasteiger partial charge in [0.25, 0.3) is 0 Å². The second-order valence-electron chi connectivity index (χ2n) is 6.12. The molecule has 148 valence electrons. The van der Waals surface area contributed by atoms with E-state index in [0.29, 0.717) is 11.5 Å². The minimum Gasteiger partial charge on any atom is -0.457 e. The maximum Gasteiger partial charge on any atom is 0.416 e. The molecule has 6 nitrogen and oxygen atoms in total. The van der Waals surface area contributed by atoms with E-state index < -0.39 is 21.8 Å². The number of nitrogens with zero attached hydrogens (tertiary/aromatic N) is 1. The fraction of sp³-hybridized carbons (Fsp3) is 0.167. The molecule has 0 radical (unpaired) electrons.